The number of pyridine rings is 1. The molecule has 1 saturated carbocycles. The van der Waals surface area contributed by atoms with Crippen LogP contribution < -0.4 is 10.5 Å². The van der Waals surface area contributed by atoms with Gasteiger partial charge in [0.2, 0.25) is 0 Å². The maximum Gasteiger partial charge on any atom is 0.120 e. The van der Waals surface area contributed by atoms with E-state index in [1.807, 2.05) is 12.4 Å². The zero-order valence-corrected chi connectivity index (χ0v) is 12.0. The Kier molecular flexibility index (Phi) is 3.88. The fourth-order valence-electron chi connectivity index (χ4n) is 2.96. The normalized spacial score (nSPS) is 22.9. The molecular formula is C17H22N2O. The van der Waals surface area contributed by atoms with Crippen molar-refractivity contribution in [3.8, 4) is 5.75 Å². The zero-order valence-electron chi connectivity index (χ0n) is 12.0. The molecule has 0 unspecified atom stereocenters. The minimum atomic E-state index is 0.319. The number of hydrogen-bond donors (Lipinski definition) is 1. The molecule has 0 radical (unpaired) electrons. The maximum atomic E-state index is 6.14. The highest BCUT2D eigenvalue weighted by molar-refractivity contribution is 5.86. The summed E-state index contributed by atoms with van der Waals surface area (Å²) >= 11 is 0. The number of nitrogens with two attached hydrogens (primary N) is 1. The Bertz CT molecular complexity index is 589. The van der Waals surface area contributed by atoms with Crippen LogP contribution in [-0.4, -0.2) is 17.1 Å². The first-order valence-electron chi connectivity index (χ1n) is 7.55. The molecule has 1 heterocycles. The van der Waals surface area contributed by atoms with Gasteiger partial charge >= 0.3 is 0 Å². The average molecular weight is 270 g/mol. The molecule has 1 aliphatic carbocycles. The van der Waals surface area contributed by atoms with Crippen molar-refractivity contribution in [3.63, 3.8) is 0 Å². The first-order chi connectivity index (χ1) is 9.76. The number of nitrogens with zero attached hydrogens (tertiary/aromatic N) is 1. The van der Waals surface area contributed by atoms with Crippen molar-refractivity contribution >= 4 is 10.8 Å². The fraction of sp³-hybridized carbons (Fsp3) is 0.471. The smallest absolute Gasteiger partial charge is 0.120 e. The van der Waals surface area contributed by atoms with Gasteiger partial charge in [0.15, 0.2) is 0 Å². The molecule has 0 amide bonds. The van der Waals surface area contributed by atoms with E-state index in [1.54, 1.807) is 0 Å². The van der Waals surface area contributed by atoms with E-state index >= 15 is 0 Å². The highest BCUT2D eigenvalue weighted by Crippen LogP contribution is 2.27. The van der Waals surface area contributed by atoms with Crippen molar-refractivity contribution in [3.05, 3.63) is 36.2 Å². The van der Waals surface area contributed by atoms with Gasteiger partial charge in [-0.15, -0.1) is 0 Å². The Hall–Kier alpha value is -1.61. The lowest BCUT2D eigenvalue weighted by molar-refractivity contribution is 0.147. The Labute approximate surface area is 120 Å². The van der Waals surface area contributed by atoms with Gasteiger partial charge in [-0.3, -0.25) is 4.98 Å². The Morgan fingerprint density at radius 3 is 2.75 bits per heavy atom. The molecule has 1 aromatic carbocycles. The van der Waals surface area contributed by atoms with Gasteiger partial charge in [-0.05, 0) is 61.3 Å². The van der Waals surface area contributed by atoms with Crippen molar-refractivity contribution in [2.75, 3.05) is 0 Å². The molecule has 0 saturated heterocycles. The van der Waals surface area contributed by atoms with Crippen LogP contribution in [0.5, 0.6) is 5.75 Å². The molecule has 0 atom stereocenters. The number of ether oxygens (including phenoxy) is 1. The van der Waals surface area contributed by atoms with Crippen LogP contribution in [0.1, 0.15) is 38.2 Å². The van der Waals surface area contributed by atoms with E-state index in [0.717, 1.165) is 37.9 Å². The summed E-state index contributed by atoms with van der Waals surface area (Å²) in [5.41, 5.74) is 7.22. The van der Waals surface area contributed by atoms with E-state index in [4.69, 9.17) is 10.5 Å². The molecule has 2 aromatic rings. The topological polar surface area (TPSA) is 48.1 Å². The molecule has 1 aromatic heterocycles. The molecule has 20 heavy (non-hydrogen) atoms. The second-order valence-electron chi connectivity index (χ2n) is 5.69. The van der Waals surface area contributed by atoms with Crippen LogP contribution in [0.25, 0.3) is 10.8 Å². The van der Waals surface area contributed by atoms with E-state index in [-0.39, 0.29) is 0 Å². The van der Waals surface area contributed by atoms with Crippen LogP contribution in [0.4, 0.5) is 0 Å². The molecule has 0 bridgehead atoms. The van der Waals surface area contributed by atoms with E-state index in [9.17, 15) is 0 Å². The quantitative estimate of drug-likeness (QED) is 0.929. The van der Waals surface area contributed by atoms with Crippen LogP contribution in [0.2, 0.25) is 0 Å². The third kappa shape index (κ3) is 2.78. The summed E-state index contributed by atoms with van der Waals surface area (Å²) in [6.07, 6.45) is 9.45. The Balaban J connectivity index is 1.82. The third-order valence-electron chi connectivity index (χ3n) is 4.22. The lowest BCUT2D eigenvalue weighted by Gasteiger charge is -2.26. The maximum absolute atomic E-state index is 6.14. The number of aryl methyl sites for hydroxylation is 1. The van der Waals surface area contributed by atoms with Gasteiger partial charge in [-0.1, -0.05) is 6.92 Å². The lowest BCUT2D eigenvalue weighted by Crippen LogP contribution is -2.31. The molecule has 0 spiro atoms. The molecule has 1 aliphatic rings. The Morgan fingerprint density at radius 1 is 1.20 bits per heavy atom. The molecule has 2 N–H and O–H groups in total. The predicted octanol–water partition coefficient (Wildman–Crippen LogP) is 3.45. The average Bonchev–Trinajstić information content (AvgIpc) is 2.49. The zero-order chi connectivity index (χ0) is 13.9. The molecule has 1 fully saturated rings. The summed E-state index contributed by atoms with van der Waals surface area (Å²) in [6.45, 7) is 2.16. The minimum absolute atomic E-state index is 0.319. The van der Waals surface area contributed by atoms with Crippen molar-refractivity contribution in [2.24, 2.45) is 5.73 Å². The largest absolute Gasteiger partial charge is 0.490 e. The first kappa shape index (κ1) is 13.4. The highest BCUT2D eigenvalue weighted by atomic mass is 16.5. The standard InChI is InChI=1S/C17H22N2O/c1-2-12-10-19-11-13-3-6-16(9-17(12)13)20-15-7-4-14(18)5-8-15/h3,6,9-11,14-15H,2,4-5,7-8,18H2,1H3. The summed E-state index contributed by atoms with van der Waals surface area (Å²) < 4.78 is 6.14. The highest BCUT2D eigenvalue weighted by Gasteiger charge is 2.19. The molecule has 3 rings (SSSR count). The SMILES string of the molecule is CCc1cncc2ccc(OC3CCC(N)CC3)cc12. The van der Waals surface area contributed by atoms with Crippen LogP contribution in [0, 0.1) is 0 Å². The molecule has 0 aliphatic heterocycles. The summed E-state index contributed by atoms with van der Waals surface area (Å²) in [5, 5.41) is 2.44. The molecule has 106 valence electrons. The monoisotopic (exact) mass is 270 g/mol. The fourth-order valence-corrected chi connectivity index (χ4v) is 2.96. The summed E-state index contributed by atoms with van der Waals surface area (Å²) in [7, 11) is 0. The predicted molar refractivity (Wildman–Crippen MR) is 82.0 cm³/mol. The van der Waals surface area contributed by atoms with Crippen LogP contribution in [0.15, 0.2) is 30.6 Å². The van der Waals surface area contributed by atoms with Crippen molar-refractivity contribution in [1.82, 2.24) is 4.98 Å². The van der Waals surface area contributed by atoms with Crippen LogP contribution in [-0.2, 0) is 6.42 Å². The van der Waals surface area contributed by atoms with E-state index in [1.165, 1.54) is 16.3 Å². The summed E-state index contributed by atoms with van der Waals surface area (Å²) in [4.78, 5) is 4.28. The van der Waals surface area contributed by atoms with Crippen LogP contribution >= 0.6 is 0 Å². The summed E-state index contributed by atoms with van der Waals surface area (Å²) in [6, 6.07) is 6.68. The second kappa shape index (κ2) is 5.80. The molecule has 3 nitrogen and oxygen atoms in total. The van der Waals surface area contributed by atoms with Gasteiger partial charge in [0.1, 0.15) is 5.75 Å². The van der Waals surface area contributed by atoms with E-state index in [0.29, 0.717) is 12.1 Å². The molecule has 3 heteroatoms. The minimum Gasteiger partial charge on any atom is -0.490 e. The van der Waals surface area contributed by atoms with Gasteiger partial charge in [0, 0.05) is 23.8 Å². The van der Waals surface area contributed by atoms with Gasteiger partial charge in [-0.25, -0.2) is 0 Å². The van der Waals surface area contributed by atoms with Gasteiger partial charge in [0.05, 0.1) is 6.10 Å². The second-order valence-corrected chi connectivity index (χ2v) is 5.69. The summed E-state index contributed by atoms with van der Waals surface area (Å²) in [5.74, 6) is 0.971. The van der Waals surface area contributed by atoms with Crippen molar-refractivity contribution in [1.29, 1.82) is 0 Å². The van der Waals surface area contributed by atoms with Crippen LogP contribution in [0.3, 0.4) is 0 Å². The number of fused-ring (bicyclic) bond motifs is 1. The number of aromatic nitrogens is 1. The van der Waals surface area contributed by atoms with Gasteiger partial charge in [-0.2, -0.15) is 0 Å². The van der Waals surface area contributed by atoms with E-state index in [2.05, 4.69) is 30.1 Å². The lowest BCUT2D eigenvalue weighted by atomic mass is 9.93. The molecular weight excluding hydrogens is 248 g/mol. The van der Waals surface area contributed by atoms with Gasteiger partial charge in [0.25, 0.3) is 0 Å². The van der Waals surface area contributed by atoms with Crippen molar-refractivity contribution < 1.29 is 4.74 Å². The number of benzene rings is 1. The van der Waals surface area contributed by atoms with Gasteiger partial charge < -0.3 is 10.5 Å². The number of hydrogen-bond acceptors (Lipinski definition) is 3. The first-order valence-corrected chi connectivity index (χ1v) is 7.55. The number of rotatable bonds is 3. The van der Waals surface area contributed by atoms with Crippen molar-refractivity contribution in [2.45, 2.75) is 51.2 Å². The Morgan fingerprint density at radius 2 is 2.00 bits per heavy atom. The third-order valence-corrected chi connectivity index (χ3v) is 4.22. The van der Waals surface area contributed by atoms with E-state index < -0.39 is 0 Å².